The van der Waals surface area contributed by atoms with Gasteiger partial charge in [0.2, 0.25) is 0 Å². The van der Waals surface area contributed by atoms with E-state index in [1.807, 2.05) is 53.9 Å². The SMILES string of the molecule is CN(C)CCNC(=O)c1nc(C(=O)Nc2ccccc2)c2n1CCCC2. The third-order valence-electron chi connectivity index (χ3n) is 4.41. The summed E-state index contributed by atoms with van der Waals surface area (Å²) in [7, 11) is 3.91. The molecule has 0 aliphatic carbocycles. The minimum Gasteiger partial charge on any atom is -0.348 e. The van der Waals surface area contributed by atoms with Gasteiger partial charge < -0.3 is 20.1 Å². The van der Waals surface area contributed by atoms with Gasteiger partial charge in [-0.05, 0) is 45.5 Å². The zero-order valence-corrected chi connectivity index (χ0v) is 15.3. The number of imidazole rings is 1. The van der Waals surface area contributed by atoms with Crippen LogP contribution in [0.15, 0.2) is 30.3 Å². The van der Waals surface area contributed by atoms with E-state index < -0.39 is 0 Å². The zero-order chi connectivity index (χ0) is 18.5. The van der Waals surface area contributed by atoms with Crippen molar-refractivity contribution < 1.29 is 9.59 Å². The van der Waals surface area contributed by atoms with Crippen LogP contribution in [0.25, 0.3) is 0 Å². The summed E-state index contributed by atoms with van der Waals surface area (Å²) in [6, 6.07) is 9.28. The van der Waals surface area contributed by atoms with Crippen LogP contribution in [-0.2, 0) is 13.0 Å². The molecule has 0 spiro atoms. The Hall–Kier alpha value is -2.67. The first-order valence-corrected chi connectivity index (χ1v) is 8.95. The molecule has 1 aliphatic rings. The van der Waals surface area contributed by atoms with Crippen LogP contribution in [0.3, 0.4) is 0 Å². The quantitative estimate of drug-likeness (QED) is 0.828. The average Bonchev–Trinajstić information content (AvgIpc) is 3.02. The fourth-order valence-corrected chi connectivity index (χ4v) is 3.08. The Bertz CT molecular complexity index is 783. The Kier molecular flexibility index (Phi) is 5.68. The van der Waals surface area contributed by atoms with Gasteiger partial charge in [0, 0.05) is 25.3 Å². The van der Waals surface area contributed by atoms with E-state index in [1.165, 1.54) is 0 Å². The first-order chi connectivity index (χ1) is 12.6. The van der Waals surface area contributed by atoms with Crippen LogP contribution in [0.5, 0.6) is 0 Å². The molecule has 3 rings (SSSR count). The van der Waals surface area contributed by atoms with E-state index in [-0.39, 0.29) is 11.8 Å². The number of amides is 2. The van der Waals surface area contributed by atoms with Crippen LogP contribution >= 0.6 is 0 Å². The van der Waals surface area contributed by atoms with Gasteiger partial charge in [-0.25, -0.2) is 4.98 Å². The Morgan fingerprint density at radius 1 is 1.15 bits per heavy atom. The first-order valence-electron chi connectivity index (χ1n) is 8.95. The van der Waals surface area contributed by atoms with Crippen LogP contribution in [0.2, 0.25) is 0 Å². The van der Waals surface area contributed by atoms with Gasteiger partial charge in [-0.1, -0.05) is 18.2 Å². The Morgan fingerprint density at radius 3 is 2.65 bits per heavy atom. The molecule has 1 aromatic carbocycles. The Labute approximate surface area is 153 Å². The smallest absolute Gasteiger partial charge is 0.287 e. The fourth-order valence-electron chi connectivity index (χ4n) is 3.08. The van der Waals surface area contributed by atoms with Crippen LogP contribution < -0.4 is 10.6 Å². The maximum absolute atomic E-state index is 12.7. The highest BCUT2D eigenvalue weighted by Crippen LogP contribution is 2.22. The first kappa shape index (κ1) is 18.1. The molecule has 0 radical (unpaired) electrons. The number of benzene rings is 1. The van der Waals surface area contributed by atoms with E-state index in [0.717, 1.165) is 38.0 Å². The lowest BCUT2D eigenvalue weighted by atomic mass is 10.1. The van der Waals surface area contributed by atoms with Crippen LogP contribution in [-0.4, -0.2) is 53.5 Å². The minimum atomic E-state index is -0.269. The highest BCUT2D eigenvalue weighted by Gasteiger charge is 2.27. The van der Waals surface area contributed by atoms with Crippen molar-refractivity contribution in [1.82, 2.24) is 19.8 Å². The number of nitrogens with one attached hydrogen (secondary N) is 2. The summed E-state index contributed by atoms with van der Waals surface area (Å²) >= 11 is 0. The summed E-state index contributed by atoms with van der Waals surface area (Å²) in [6.07, 6.45) is 2.75. The monoisotopic (exact) mass is 355 g/mol. The predicted octanol–water partition coefficient (Wildman–Crippen LogP) is 1.76. The summed E-state index contributed by atoms with van der Waals surface area (Å²) in [5.74, 6) is -0.167. The van der Waals surface area contributed by atoms with Crippen molar-refractivity contribution in [3.05, 3.63) is 47.5 Å². The molecule has 2 heterocycles. The standard InChI is InChI=1S/C19H25N5O2/c1-23(2)13-11-20-19(26)17-22-16(15-10-6-7-12-24(15)17)18(25)21-14-8-4-3-5-9-14/h3-5,8-9H,6-7,10-13H2,1-2H3,(H,20,26)(H,21,25). The number of nitrogens with zero attached hydrogens (tertiary/aromatic N) is 3. The third kappa shape index (κ3) is 4.11. The Balaban J connectivity index is 1.81. The van der Waals surface area contributed by atoms with Gasteiger partial charge >= 0.3 is 0 Å². The summed E-state index contributed by atoms with van der Waals surface area (Å²) in [6.45, 7) is 2.01. The van der Waals surface area contributed by atoms with E-state index in [0.29, 0.717) is 23.8 Å². The molecule has 2 N–H and O–H groups in total. The number of likely N-dealkylation sites (N-methyl/N-ethyl adjacent to an activating group) is 1. The number of carbonyl (C=O) groups is 2. The molecule has 0 bridgehead atoms. The highest BCUT2D eigenvalue weighted by atomic mass is 16.2. The largest absolute Gasteiger partial charge is 0.348 e. The average molecular weight is 355 g/mol. The maximum atomic E-state index is 12.7. The van der Waals surface area contributed by atoms with Gasteiger partial charge in [-0.2, -0.15) is 0 Å². The van der Waals surface area contributed by atoms with Crippen molar-refractivity contribution in [1.29, 1.82) is 0 Å². The Morgan fingerprint density at radius 2 is 1.92 bits per heavy atom. The minimum absolute atomic E-state index is 0.228. The molecule has 1 aromatic heterocycles. The summed E-state index contributed by atoms with van der Waals surface area (Å²) in [4.78, 5) is 31.7. The fraction of sp³-hybridized carbons (Fsp3) is 0.421. The number of hydrogen-bond donors (Lipinski definition) is 2. The van der Waals surface area contributed by atoms with Crippen LogP contribution in [0, 0.1) is 0 Å². The van der Waals surface area contributed by atoms with E-state index in [9.17, 15) is 9.59 Å². The second-order valence-corrected chi connectivity index (χ2v) is 6.72. The van der Waals surface area contributed by atoms with E-state index >= 15 is 0 Å². The predicted molar refractivity (Wildman–Crippen MR) is 100 cm³/mol. The number of hydrogen-bond acceptors (Lipinski definition) is 4. The summed E-state index contributed by atoms with van der Waals surface area (Å²) < 4.78 is 1.90. The molecule has 0 saturated heterocycles. The molecule has 0 fully saturated rings. The van der Waals surface area contributed by atoms with Gasteiger partial charge in [0.05, 0.1) is 5.69 Å². The molecule has 1 aliphatic heterocycles. The third-order valence-corrected chi connectivity index (χ3v) is 4.41. The van der Waals surface area contributed by atoms with Crippen molar-refractivity contribution in [2.45, 2.75) is 25.8 Å². The van der Waals surface area contributed by atoms with E-state index in [2.05, 4.69) is 15.6 Å². The summed E-state index contributed by atoms with van der Waals surface area (Å²) in [5, 5.41) is 5.75. The molecular weight excluding hydrogens is 330 g/mol. The lowest BCUT2D eigenvalue weighted by Crippen LogP contribution is -2.33. The molecule has 0 saturated carbocycles. The lowest BCUT2D eigenvalue weighted by Gasteiger charge is -2.17. The van der Waals surface area contributed by atoms with Crippen molar-refractivity contribution in [3.8, 4) is 0 Å². The van der Waals surface area contributed by atoms with Crippen molar-refractivity contribution in [3.63, 3.8) is 0 Å². The van der Waals surface area contributed by atoms with Gasteiger partial charge in [0.15, 0.2) is 11.5 Å². The van der Waals surface area contributed by atoms with Gasteiger partial charge in [0.25, 0.3) is 11.8 Å². The maximum Gasteiger partial charge on any atom is 0.287 e. The van der Waals surface area contributed by atoms with Gasteiger partial charge in [-0.3, -0.25) is 9.59 Å². The number of aromatic nitrogens is 2. The van der Waals surface area contributed by atoms with Crippen molar-refractivity contribution in [2.24, 2.45) is 0 Å². The number of fused-ring (bicyclic) bond motifs is 1. The molecule has 0 unspecified atom stereocenters. The molecule has 7 heteroatoms. The number of para-hydroxylation sites is 1. The molecule has 2 aromatic rings. The van der Waals surface area contributed by atoms with Crippen molar-refractivity contribution in [2.75, 3.05) is 32.5 Å². The summed E-state index contributed by atoms with van der Waals surface area (Å²) in [5.41, 5.74) is 1.92. The van der Waals surface area contributed by atoms with Crippen LogP contribution in [0.4, 0.5) is 5.69 Å². The molecule has 0 atom stereocenters. The van der Waals surface area contributed by atoms with Gasteiger partial charge in [-0.15, -0.1) is 0 Å². The molecular formula is C19H25N5O2. The molecule has 7 nitrogen and oxygen atoms in total. The topological polar surface area (TPSA) is 79.3 Å². The molecule has 26 heavy (non-hydrogen) atoms. The highest BCUT2D eigenvalue weighted by molar-refractivity contribution is 6.05. The molecule has 138 valence electrons. The number of carbonyl (C=O) groups excluding carboxylic acids is 2. The second kappa shape index (κ2) is 8.14. The van der Waals surface area contributed by atoms with Gasteiger partial charge in [0.1, 0.15) is 0 Å². The zero-order valence-electron chi connectivity index (χ0n) is 15.3. The second-order valence-electron chi connectivity index (χ2n) is 6.72. The normalized spacial score (nSPS) is 13.3. The van der Waals surface area contributed by atoms with Crippen molar-refractivity contribution >= 4 is 17.5 Å². The number of rotatable bonds is 6. The van der Waals surface area contributed by atoms with E-state index in [4.69, 9.17) is 0 Å². The number of anilines is 1. The molecule has 2 amide bonds. The van der Waals surface area contributed by atoms with E-state index in [1.54, 1.807) is 0 Å². The lowest BCUT2D eigenvalue weighted by molar-refractivity contribution is 0.0935. The van der Waals surface area contributed by atoms with Crippen LogP contribution in [0.1, 0.15) is 39.6 Å².